The van der Waals surface area contributed by atoms with Gasteiger partial charge in [-0.2, -0.15) is 4.31 Å². The zero-order chi connectivity index (χ0) is 21.2. The van der Waals surface area contributed by atoms with Crippen LogP contribution in [0, 0.1) is 19.7 Å². The average Bonchev–Trinajstić information content (AvgIpc) is 2.70. The first-order valence-electron chi connectivity index (χ1n) is 9.56. The maximum atomic E-state index is 13.1. The van der Waals surface area contributed by atoms with Gasteiger partial charge in [0, 0.05) is 31.9 Å². The summed E-state index contributed by atoms with van der Waals surface area (Å²) in [6.45, 7) is 7.19. The zero-order valence-corrected chi connectivity index (χ0v) is 17.7. The van der Waals surface area contributed by atoms with Gasteiger partial charge in [0.25, 0.3) is 0 Å². The Kier molecular flexibility index (Phi) is 6.36. The average molecular weight is 420 g/mol. The van der Waals surface area contributed by atoms with Crippen LogP contribution in [0.1, 0.15) is 18.1 Å². The fraction of sp³-hybridized carbons (Fsp3) is 0.381. The third-order valence-corrected chi connectivity index (χ3v) is 7.22. The fourth-order valence-electron chi connectivity index (χ4n) is 3.36. The molecule has 1 N–H and O–H groups in total. The van der Waals surface area contributed by atoms with Gasteiger partial charge in [0.1, 0.15) is 5.82 Å². The minimum atomic E-state index is -3.67. The van der Waals surface area contributed by atoms with Gasteiger partial charge < -0.3 is 5.32 Å². The Balaban J connectivity index is 1.61. The van der Waals surface area contributed by atoms with Crippen LogP contribution in [0.2, 0.25) is 0 Å². The van der Waals surface area contributed by atoms with E-state index in [0.717, 1.165) is 28.9 Å². The largest absolute Gasteiger partial charge is 0.324 e. The number of sulfonamides is 1. The van der Waals surface area contributed by atoms with Gasteiger partial charge in [-0.05, 0) is 62.2 Å². The summed E-state index contributed by atoms with van der Waals surface area (Å²) in [4.78, 5) is 14.7. The van der Waals surface area contributed by atoms with Crippen molar-refractivity contribution in [3.8, 4) is 0 Å². The number of aryl methyl sites for hydroxylation is 2. The van der Waals surface area contributed by atoms with Crippen molar-refractivity contribution in [3.05, 3.63) is 59.4 Å². The molecule has 1 fully saturated rings. The molecule has 0 aliphatic carbocycles. The van der Waals surface area contributed by atoms with Crippen molar-refractivity contribution < 1.29 is 17.6 Å². The first kappa shape index (κ1) is 21.4. The molecule has 0 saturated carbocycles. The molecule has 1 heterocycles. The zero-order valence-electron chi connectivity index (χ0n) is 16.9. The third-order valence-electron chi connectivity index (χ3n) is 5.30. The van der Waals surface area contributed by atoms with Crippen molar-refractivity contribution in [1.82, 2.24) is 9.21 Å². The summed E-state index contributed by atoms with van der Waals surface area (Å²) in [6, 6.07) is 10.3. The lowest BCUT2D eigenvalue weighted by atomic mass is 10.1. The molecule has 0 spiro atoms. The molecule has 0 unspecified atom stereocenters. The predicted octanol–water partition coefficient (Wildman–Crippen LogP) is 2.78. The number of anilines is 1. The summed E-state index contributed by atoms with van der Waals surface area (Å²) in [5, 5.41) is 2.97. The Bertz CT molecular complexity index is 985. The number of halogens is 1. The highest BCUT2D eigenvalue weighted by molar-refractivity contribution is 7.89. The van der Waals surface area contributed by atoms with E-state index < -0.39 is 15.8 Å². The van der Waals surface area contributed by atoms with Crippen LogP contribution < -0.4 is 5.32 Å². The molecule has 6 nitrogen and oxygen atoms in total. The fourth-order valence-corrected chi connectivity index (χ4v) is 4.78. The van der Waals surface area contributed by atoms with Crippen LogP contribution in [-0.2, 0) is 14.8 Å². The summed E-state index contributed by atoms with van der Waals surface area (Å²) >= 11 is 0. The van der Waals surface area contributed by atoms with E-state index in [1.165, 1.54) is 16.4 Å². The van der Waals surface area contributed by atoms with Gasteiger partial charge in [-0.15, -0.1) is 0 Å². The van der Waals surface area contributed by atoms with Crippen LogP contribution in [0.15, 0.2) is 47.4 Å². The van der Waals surface area contributed by atoms with Gasteiger partial charge in [-0.25, -0.2) is 12.8 Å². The highest BCUT2D eigenvalue weighted by Crippen LogP contribution is 2.20. The SMILES string of the molecule is Cc1ccc(C)c(NC(=O)[C@H](C)N2CCN(S(=O)(=O)c3ccc(F)cc3)CC2)c1. The number of hydrogen-bond acceptors (Lipinski definition) is 4. The molecule has 1 saturated heterocycles. The van der Waals surface area contributed by atoms with Crippen LogP contribution in [0.25, 0.3) is 0 Å². The molecule has 0 radical (unpaired) electrons. The lowest BCUT2D eigenvalue weighted by Gasteiger charge is -2.36. The van der Waals surface area contributed by atoms with Crippen LogP contribution in [0.5, 0.6) is 0 Å². The Morgan fingerprint density at radius 3 is 2.28 bits per heavy atom. The monoisotopic (exact) mass is 419 g/mol. The maximum absolute atomic E-state index is 13.1. The van der Waals surface area contributed by atoms with Gasteiger partial charge in [0.05, 0.1) is 10.9 Å². The van der Waals surface area contributed by atoms with Crippen molar-refractivity contribution in [3.63, 3.8) is 0 Å². The lowest BCUT2D eigenvalue weighted by Crippen LogP contribution is -2.53. The van der Waals surface area contributed by atoms with Crippen molar-refractivity contribution in [2.75, 3.05) is 31.5 Å². The Hall–Kier alpha value is -2.29. The molecular formula is C21H26FN3O3S. The van der Waals surface area contributed by atoms with E-state index in [1.54, 1.807) is 0 Å². The van der Waals surface area contributed by atoms with E-state index >= 15 is 0 Å². The van der Waals surface area contributed by atoms with Crippen molar-refractivity contribution >= 4 is 21.6 Å². The number of carbonyl (C=O) groups excluding carboxylic acids is 1. The van der Waals surface area contributed by atoms with Crippen molar-refractivity contribution in [1.29, 1.82) is 0 Å². The molecule has 2 aromatic rings. The maximum Gasteiger partial charge on any atom is 0.243 e. The van der Waals surface area contributed by atoms with Gasteiger partial charge in [0.15, 0.2) is 0 Å². The Labute approximate surface area is 171 Å². The van der Waals surface area contributed by atoms with Gasteiger partial charge in [-0.3, -0.25) is 9.69 Å². The molecule has 0 aromatic heterocycles. The van der Waals surface area contributed by atoms with E-state index in [9.17, 15) is 17.6 Å². The van der Waals surface area contributed by atoms with E-state index in [4.69, 9.17) is 0 Å². The Morgan fingerprint density at radius 2 is 1.66 bits per heavy atom. The highest BCUT2D eigenvalue weighted by atomic mass is 32.2. The van der Waals surface area contributed by atoms with Gasteiger partial charge >= 0.3 is 0 Å². The lowest BCUT2D eigenvalue weighted by molar-refractivity contribution is -0.121. The molecule has 1 amide bonds. The topological polar surface area (TPSA) is 69.7 Å². The second kappa shape index (κ2) is 8.61. The van der Waals surface area contributed by atoms with Crippen molar-refractivity contribution in [2.24, 2.45) is 0 Å². The summed E-state index contributed by atoms with van der Waals surface area (Å²) in [7, 11) is -3.67. The molecule has 8 heteroatoms. The predicted molar refractivity (Wildman–Crippen MR) is 111 cm³/mol. The van der Waals surface area contributed by atoms with E-state index in [1.807, 2.05) is 43.9 Å². The number of nitrogens with one attached hydrogen (secondary N) is 1. The molecule has 0 bridgehead atoms. The molecule has 1 aliphatic heterocycles. The quantitative estimate of drug-likeness (QED) is 0.809. The van der Waals surface area contributed by atoms with E-state index in [0.29, 0.717) is 13.1 Å². The van der Waals surface area contributed by atoms with E-state index in [2.05, 4.69) is 5.32 Å². The second-order valence-electron chi connectivity index (χ2n) is 7.38. The number of benzene rings is 2. The second-order valence-corrected chi connectivity index (χ2v) is 9.32. The first-order chi connectivity index (χ1) is 13.7. The van der Waals surface area contributed by atoms with Crippen LogP contribution in [0.3, 0.4) is 0 Å². The standard InChI is InChI=1S/C21H26FN3O3S/c1-15-4-5-16(2)20(14-15)23-21(26)17(3)24-10-12-25(13-11-24)29(27,28)19-8-6-18(22)7-9-19/h4-9,14,17H,10-13H2,1-3H3,(H,23,26)/t17-/m0/s1. The van der Waals surface area contributed by atoms with Crippen LogP contribution >= 0.6 is 0 Å². The summed E-state index contributed by atoms with van der Waals surface area (Å²) in [5.74, 6) is -0.592. The first-order valence-corrected chi connectivity index (χ1v) is 11.0. The van der Waals surface area contributed by atoms with Crippen molar-refractivity contribution in [2.45, 2.75) is 31.7 Å². The highest BCUT2D eigenvalue weighted by Gasteiger charge is 2.31. The molecule has 3 rings (SSSR count). The molecule has 29 heavy (non-hydrogen) atoms. The summed E-state index contributed by atoms with van der Waals surface area (Å²) in [5.41, 5.74) is 2.85. The number of rotatable bonds is 5. The Morgan fingerprint density at radius 1 is 1.03 bits per heavy atom. The molecular weight excluding hydrogens is 393 g/mol. The minimum absolute atomic E-state index is 0.0769. The van der Waals surface area contributed by atoms with Gasteiger partial charge in [-0.1, -0.05) is 12.1 Å². The molecule has 1 atom stereocenters. The number of nitrogens with zero attached hydrogens (tertiary/aromatic N) is 2. The van der Waals surface area contributed by atoms with Crippen LogP contribution in [0.4, 0.5) is 10.1 Å². The molecule has 1 aliphatic rings. The number of hydrogen-bond donors (Lipinski definition) is 1. The number of piperazine rings is 1. The number of carbonyl (C=O) groups is 1. The minimum Gasteiger partial charge on any atom is -0.324 e. The summed E-state index contributed by atoms with van der Waals surface area (Å²) in [6.07, 6.45) is 0. The smallest absolute Gasteiger partial charge is 0.243 e. The van der Waals surface area contributed by atoms with Gasteiger partial charge in [0.2, 0.25) is 15.9 Å². The molecule has 2 aromatic carbocycles. The third kappa shape index (κ3) is 4.83. The van der Waals surface area contributed by atoms with Crippen LogP contribution in [-0.4, -0.2) is 55.8 Å². The molecule has 156 valence electrons. The normalized spacial score (nSPS) is 17.1. The van der Waals surface area contributed by atoms with E-state index in [-0.39, 0.29) is 29.9 Å². The number of amides is 1. The summed E-state index contributed by atoms with van der Waals surface area (Å²) < 4.78 is 39.9.